The summed E-state index contributed by atoms with van der Waals surface area (Å²) in [6.45, 7) is 8.16. The summed E-state index contributed by atoms with van der Waals surface area (Å²) in [5.41, 5.74) is 0.198. The predicted octanol–water partition coefficient (Wildman–Crippen LogP) is 3.19. The second-order valence-electron chi connectivity index (χ2n) is 7.60. The molecule has 0 bridgehead atoms. The number of esters is 1. The Morgan fingerprint density at radius 1 is 1.21 bits per heavy atom. The highest BCUT2D eigenvalue weighted by molar-refractivity contribution is 7.17. The van der Waals surface area contributed by atoms with Gasteiger partial charge in [0.15, 0.2) is 6.10 Å². The number of aryl methyl sites for hydroxylation is 1. The Morgan fingerprint density at radius 2 is 1.86 bits per heavy atom. The zero-order chi connectivity index (χ0) is 21.1. The van der Waals surface area contributed by atoms with Crippen molar-refractivity contribution in [2.45, 2.75) is 71.9 Å². The minimum absolute atomic E-state index is 0.111. The number of carbonyl (C=O) groups excluding carboxylic acids is 3. The molecule has 0 spiro atoms. The van der Waals surface area contributed by atoms with E-state index < -0.39 is 23.5 Å². The van der Waals surface area contributed by atoms with Crippen LogP contribution < -0.4 is 10.6 Å². The molecule has 1 aromatic rings. The second kappa shape index (κ2) is 8.74. The van der Waals surface area contributed by atoms with Gasteiger partial charge in [-0.25, -0.2) is 4.79 Å². The number of nitrogens with one attached hydrogen (secondary N) is 2. The molecule has 8 heteroatoms. The van der Waals surface area contributed by atoms with Gasteiger partial charge in [-0.1, -0.05) is 13.8 Å². The van der Waals surface area contributed by atoms with Crippen LogP contribution in [0.4, 0.5) is 5.00 Å². The Bertz CT molecular complexity index is 824. The number of hydrogen-bond donors (Lipinski definition) is 2. The molecule has 0 saturated heterocycles. The van der Waals surface area contributed by atoms with Crippen LogP contribution in [0.3, 0.4) is 0 Å². The van der Waals surface area contributed by atoms with Crippen LogP contribution in [-0.2, 0) is 27.2 Å². The Kier molecular flexibility index (Phi) is 6.83. The predicted molar refractivity (Wildman–Crippen MR) is 107 cm³/mol. The van der Waals surface area contributed by atoms with Crippen LogP contribution in [0.5, 0.6) is 0 Å². The van der Waals surface area contributed by atoms with Crippen LogP contribution in [0.1, 0.15) is 68.3 Å². The summed E-state index contributed by atoms with van der Waals surface area (Å²) in [5, 5.41) is 15.2. The zero-order valence-corrected chi connectivity index (χ0v) is 17.8. The van der Waals surface area contributed by atoms with E-state index in [0.29, 0.717) is 10.6 Å². The second-order valence-corrected chi connectivity index (χ2v) is 8.71. The first-order chi connectivity index (χ1) is 13.1. The highest BCUT2D eigenvalue weighted by Gasteiger charge is 2.34. The van der Waals surface area contributed by atoms with E-state index in [-0.39, 0.29) is 11.8 Å². The molecule has 0 aromatic carbocycles. The molecule has 1 aliphatic carbocycles. The first kappa shape index (κ1) is 21.9. The summed E-state index contributed by atoms with van der Waals surface area (Å²) in [6, 6.07) is 2.10. The van der Waals surface area contributed by atoms with Crippen LogP contribution in [0.25, 0.3) is 0 Å². The molecule has 152 valence electrons. The molecule has 1 aliphatic rings. The third-order valence-electron chi connectivity index (χ3n) is 5.09. The first-order valence-electron chi connectivity index (χ1n) is 9.45. The molecule has 0 aliphatic heterocycles. The van der Waals surface area contributed by atoms with E-state index in [9.17, 15) is 19.6 Å². The SMILES string of the molecule is CC(=O)Nc1sc2c(c1C(=O)O[C@@H](C)C(=O)N[C@@](C)(C#N)C(C)C)CCCC2. The number of thiophene rings is 1. The van der Waals surface area contributed by atoms with Crippen LogP contribution in [0, 0.1) is 17.2 Å². The minimum Gasteiger partial charge on any atom is -0.449 e. The zero-order valence-electron chi connectivity index (χ0n) is 17.0. The number of ether oxygens (including phenoxy) is 1. The van der Waals surface area contributed by atoms with E-state index in [2.05, 4.69) is 16.7 Å². The van der Waals surface area contributed by atoms with E-state index >= 15 is 0 Å². The fraction of sp³-hybridized carbons (Fsp3) is 0.600. The molecule has 0 fully saturated rings. The Labute approximate surface area is 169 Å². The maximum atomic E-state index is 12.9. The number of fused-ring (bicyclic) bond motifs is 1. The van der Waals surface area contributed by atoms with Gasteiger partial charge in [0.25, 0.3) is 5.91 Å². The van der Waals surface area contributed by atoms with Gasteiger partial charge in [-0.05, 0) is 51.0 Å². The van der Waals surface area contributed by atoms with Gasteiger partial charge in [0.1, 0.15) is 10.5 Å². The molecule has 28 heavy (non-hydrogen) atoms. The number of rotatable bonds is 6. The molecule has 0 saturated carbocycles. The molecular formula is C20H27N3O4S. The molecule has 1 aromatic heterocycles. The van der Waals surface area contributed by atoms with Crippen molar-refractivity contribution in [2.75, 3.05) is 5.32 Å². The van der Waals surface area contributed by atoms with Crippen LogP contribution in [-0.4, -0.2) is 29.4 Å². The fourth-order valence-corrected chi connectivity index (χ4v) is 4.29. The van der Waals surface area contributed by atoms with Crippen molar-refractivity contribution in [2.24, 2.45) is 5.92 Å². The smallest absolute Gasteiger partial charge is 0.342 e. The van der Waals surface area contributed by atoms with Crippen LogP contribution in [0.15, 0.2) is 0 Å². The fourth-order valence-electron chi connectivity index (χ4n) is 2.96. The third-order valence-corrected chi connectivity index (χ3v) is 6.30. The summed E-state index contributed by atoms with van der Waals surface area (Å²) in [7, 11) is 0. The van der Waals surface area contributed by atoms with Gasteiger partial charge in [-0.2, -0.15) is 5.26 Å². The minimum atomic E-state index is -1.07. The molecule has 7 nitrogen and oxygen atoms in total. The normalized spacial score (nSPS) is 16.3. The van der Waals surface area contributed by atoms with Gasteiger partial charge in [0.05, 0.1) is 11.6 Å². The Hall–Kier alpha value is -2.40. The molecule has 2 N–H and O–H groups in total. The lowest BCUT2D eigenvalue weighted by atomic mass is 9.90. The van der Waals surface area contributed by atoms with Crippen molar-refractivity contribution in [3.8, 4) is 6.07 Å². The number of hydrogen-bond acceptors (Lipinski definition) is 6. The van der Waals surface area contributed by atoms with Crippen molar-refractivity contribution < 1.29 is 19.1 Å². The van der Waals surface area contributed by atoms with E-state index in [4.69, 9.17) is 4.74 Å². The number of carbonyl (C=O) groups is 3. The summed E-state index contributed by atoms with van der Waals surface area (Å²) in [6.07, 6.45) is 2.56. The summed E-state index contributed by atoms with van der Waals surface area (Å²) in [4.78, 5) is 37.9. The van der Waals surface area contributed by atoms with Crippen LogP contribution in [0.2, 0.25) is 0 Å². The maximum absolute atomic E-state index is 12.9. The van der Waals surface area contributed by atoms with Crippen molar-refractivity contribution >= 4 is 34.1 Å². The summed E-state index contributed by atoms with van der Waals surface area (Å²) < 4.78 is 5.41. The first-order valence-corrected chi connectivity index (χ1v) is 10.3. The number of amides is 2. The van der Waals surface area contributed by atoms with Crippen molar-refractivity contribution in [3.63, 3.8) is 0 Å². The standard InChI is InChI=1S/C20H27N3O4S/c1-11(2)20(5,10-21)23-17(25)12(3)27-19(26)16-14-8-6-7-9-15(14)28-18(16)22-13(4)24/h11-12H,6-9H2,1-5H3,(H,22,24)(H,23,25)/t12-,20-/m0/s1. The van der Waals surface area contributed by atoms with Gasteiger partial charge in [0, 0.05) is 11.8 Å². The van der Waals surface area contributed by atoms with Crippen molar-refractivity contribution in [3.05, 3.63) is 16.0 Å². The van der Waals surface area contributed by atoms with E-state index in [1.807, 2.05) is 13.8 Å². The highest BCUT2D eigenvalue weighted by atomic mass is 32.1. The molecular weight excluding hydrogens is 378 g/mol. The maximum Gasteiger partial charge on any atom is 0.342 e. The van der Waals surface area contributed by atoms with E-state index in [1.165, 1.54) is 25.2 Å². The van der Waals surface area contributed by atoms with Crippen molar-refractivity contribution in [1.82, 2.24) is 5.32 Å². The van der Waals surface area contributed by atoms with Gasteiger partial charge in [-0.15, -0.1) is 11.3 Å². The molecule has 2 atom stereocenters. The van der Waals surface area contributed by atoms with Crippen LogP contribution >= 0.6 is 11.3 Å². The van der Waals surface area contributed by atoms with E-state index in [1.54, 1.807) is 6.92 Å². The number of nitrogens with zero attached hydrogens (tertiary/aromatic N) is 1. The van der Waals surface area contributed by atoms with Gasteiger partial charge < -0.3 is 15.4 Å². The lowest BCUT2D eigenvalue weighted by molar-refractivity contribution is -0.130. The topological polar surface area (TPSA) is 108 Å². The monoisotopic (exact) mass is 405 g/mol. The molecule has 2 amide bonds. The number of anilines is 1. The molecule has 1 heterocycles. The summed E-state index contributed by atoms with van der Waals surface area (Å²) >= 11 is 1.40. The van der Waals surface area contributed by atoms with Gasteiger partial charge in [-0.3, -0.25) is 9.59 Å². The lowest BCUT2D eigenvalue weighted by Crippen LogP contribution is -2.52. The average molecular weight is 406 g/mol. The van der Waals surface area contributed by atoms with Gasteiger partial charge in [0.2, 0.25) is 5.91 Å². The Morgan fingerprint density at radius 3 is 2.43 bits per heavy atom. The van der Waals surface area contributed by atoms with E-state index in [0.717, 1.165) is 36.1 Å². The Balaban J connectivity index is 2.20. The molecule has 0 unspecified atom stereocenters. The summed E-state index contributed by atoms with van der Waals surface area (Å²) in [5.74, 6) is -1.54. The van der Waals surface area contributed by atoms with Crippen molar-refractivity contribution in [1.29, 1.82) is 5.26 Å². The quantitative estimate of drug-likeness (QED) is 0.707. The lowest BCUT2D eigenvalue weighted by Gasteiger charge is -2.28. The number of nitriles is 1. The molecule has 2 rings (SSSR count). The largest absolute Gasteiger partial charge is 0.449 e. The third kappa shape index (κ3) is 4.71. The highest BCUT2D eigenvalue weighted by Crippen LogP contribution is 2.38. The average Bonchev–Trinajstić information content (AvgIpc) is 2.98. The molecule has 0 radical (unpaired) electrons. The van der Waals surface area contributed by atoms with Gasteiger partial charge >= 0.3 is 5.97 Å².